The SMILES string of the molecule is CC(C)(C)OC(=O)Cn1c(=O)c2c(F)cc(F)cc2c2cc3ccccc3cc21. The van der Waals surface area contributed by atoms with Gasteiger partial charge in [-0.25, -0.2) is 8.78 Å². The van der Waals surface area contributed by atoms with Crippen LogP contribution in [-0.2, 0) is 16.1 Å². The average Bonchev–Trinajstić information content (AvgIpc) is 2.62. The van der Waals surface area contributed by atoms with Gasteiger partial charge in [0.2, 0.25) is 0 Å². The lowest BCUT2D eigenvalue weighted by atomic mass is 10.0. The first-order valence-corrected chi connectivity index (χ1v) is 9.20. The molecule has 29 heavy (non-hydrogen) atoms. The normalized spacial score (nSPS) is 12.0. The number of rotatable bonds is 2. The van der Waals surface area contributed by atoms with Crippen LogP contribution in [0.1, 0.15) is 20.8 Å². The largest absolute Gasteiger partial charge is 0.459 e. The Morgan fingerprint density at radius 1 is 1.00 bits per heavy atom. The Hall–Kier alpha value is -3.28. The first kappa shape index (κ1) is 19.1. The van der Waals surface area contributed by atoms with Crippen molar-refractivity contribution in [3.63, 3.8) is 0 Å². The Kier molecular flexibility index (Phi) is 4.37. The van der Waals surface area contributed by atoms with Gasteiger partial charge in [0.15, 0.2) is 0 Å². The molecule has 0 bridgehead atoms. The van der Waals surface area contributed by atoms with Gasteiger partial charge < -0.3 is 4.74 Å². The maximum absolute atomic E-state index is 14.6. The van der Waals surface area contributed by atoms with Gasteiger partial charge in [-0.05, 0) is 49.7 Å². The highest BCUT2D eigenvalue weighted by molar-refractivity contribution is 6.10. The molecule has 4 aromatic rings. The van der Waals surface area contributed by atoms with E-state index in [4.69, 9.17) is 4.74 Å². The second-order valence-corrected chi connectivity index (χ2v) is 8.00. The maximum atomic E-state index is 14.6. The minimum absolute atomic E-state index is 0.175. The molecule has 0 aliphatic rings. The highest BCUT2D eigenvalue weighted by Gasteiger charge is 2.21. The number of hydrogen-bond donors (Lipinski definition) is 0. The molecule has 0 spiro atoms. The van der Waals surface area contributed by atoms with Crippen molar-refractivity contribution >= 4 is 38.4 Å². The van der Waals surface area contributed by atoms with Crippen molar-refractivity contribution in [2.75, 3.05) is 0 Å². The van der Waals surface area contributed by atoms with Crippen LogP contribution in [0.4, 0.5) is 8.78 Å². The Bertz CT molecular complexity index is 1350. The molecule has 0 amide bonds. The molecule has 0 atom stereocenters. The summed E-state index contributed by atoms with van der Waals surface area (Å²) in [5, 5.41) is 2.11. The molecular weight excluding hydrogens is 376 g/mol. The van der Waals surface area contributed by atoms with Crippen molar-refractivity contribution in [1.29, 1.82) is 0 Å². The molecule has 0 N–H and O–H groups in total. The van der Waals surface area contributed by atoms with E-state index in [0.717, 1.165) is 16.8 Å². The number of fused-ring (bicyclic) bond motifs is 4. The fraction of sp³-hybridized carbons (Fsp3) is 0.217. The summed E-state index contributed by atoms with van der Waals surface area (Å²) in [6, 6.07) is 12.8. The molecule has 4 rings (SSSR count). The summed E-state index contributed by atoms with van der Waals surface area (Å²) in [6.45, 7) is 4.80. The minimum atomic E-state index is -0.960. The predicted molar refractivity (Wildman–Crippen MR) is 109 cm³/mol. The summed E-state index contributed by atoms with van der Waals surface area (Å²) in [5.74, 6) is -2.34. The van der Waals surface area contributed by atoms with Crippen molar-refractivity contribution < 1.29 is 18.3 Å². The number of esters is 1. The van der Waals surface area contributed by atoms with Crippen molar-refractivity contribution in [3.8, 4) is 0 Å². The highest BCUT2D eigenvalue weighted by atomic mass is 19.1. The molecule has 0 unspecified atom stereocenters. The fourth-order valence-corrected chi connectivity index (χ4v) is 3.57. The number of halogens is 2. The van der Waals surface area contributed by atoms with Gasteiger partial charge in [-0.15, -0.1) is 0 Å². The standard InChI is InChI=1S/C23H19F2NO3/c1-23(2,3)29-20(27)12-26-19-9-14-7-5-4-6-13(14)8-16(19)17-10-15(24)11-18(25)21(17)22(26)28/h4-11H,12H2,1-3H3. The molecule has 4 nitrogen and oxygen atoms in total. The van der Waals surface area contributed by atoms with E-state index < -0.39 is 28.8 Å². The zero-order valence-electron chi connectivity index (χ0n) is 16.3. The third kappa shape index (κ3) is 3.46. The van der Waals surface area contributed by atoms with Gasteiger partial charge in [0.1, 0.15) is 23.8 Å². The Morgan fingerprint density at radius 3 is 2.31 bits per heavy atom. The Labute approximate surface area is 165 Å². The monoisotopic (exact) mass is 395 g/mol. The molecule has 0 saturated heterocycles. The number of benzene rings is 3. The van der Waals surface area contributed by atoms with Crippen LogP contribution in [0.25, 0.3) is 32.4 Å². The van der Waals surface area contributed by atoms with E-state index in [2.05, 4.69) is 0 Å². The number of aromatic nitrogens is 1. The number of carbonyl (C=O) groups excluding carboxylic acids is 1. The van der Waals surface area contributed by atoms with Gasteiger partial charge in [0.25, 0.3) is 5.56 Å². The summed E-state index contributed by atoms with van der Waals surface area (Å²) in [5.41, 5.74) is -1.02. The zero-order valence-corrected chi connectivity index (χ0v) is 16.3. The molecule has 1 heterocycles. The van der Waals surface area contributed by atoms with Gasteiger partial charge in [0, 0.05) is 16.8 Å². The van der Waals surface area contributed by atoms with Crippen molar-refractivity contribution in [3.05, 3.63) is 70.5 Å². The lowest BCUT2D eigenvalue weighted by Gasteiger charge is -2.21. The summed E-state index contributed by atoms with van der Waals surface area (Å²) >= 11 is 0. The molecule has 0 aliphatic carbocycles. The minimum Gasteiger partial charge on any atom is -0.459 e. The van der Waals surface area contributed by atoms with Crippen molar-refractivity contribution in [2.45, 2.75) is 32.9 Å². The Balaban J connectivity index is 2.09. The van der Waals surface area contributed by atoms with E-state index in [0.29, 0.717) is 17.0 Å². The van der Waals surface area contributed by atoms with E-state index in [1.54, 1.807) is 32.9 Å². The van der Waals surface area contributed by atoms with Gasteiger partial charge in [-0.1, -0.05) is 24.3 Å². The molecule has 6 heteroatoms. The van der Waals surface area contributed by atoms with Gasteiger partial charge in [0.05, 0.1) is 10.9 Å². The van der Waals surface area contributed by atoms with Gasteiger partial charge in [-0.2, -0.15) is 0 Å². The average molecular weight is 395 g/mol. The second kappa shape index (κ2) is 6.65. The summed E-state index contributed by atoms with van der Waals surface area (Å²) in [6.07, 6.45) is 0. The first-order valence-electron chi connectivity index (χ1n) is 9.20. The van der Waals surface area contributed by atoms with Crippen LogP contribution in [-0.4, -0.2) is 16.1 Å². The smallest absolute Gasteiger partial charge is 0.326 e. The number of pyridine rings is 1. The number of carbonyl (C=O) groups is 1. The summed E-state index contributed by atoms with van der Waals surface area (Å²) in [7, 11) is 0. The number of ether oxygens (including phenoxy) is 1. The second-order valence-electron chi connectivity index (χ2n) is 8.00. The predicted octanol–water partition coefficient (Wildman–Crippen LogP) is 4.93. The quantitative estimate of drug-likeness (QED) is 0.275. The molecule has 148 valence electrons. The molecule has 0 saturated carbocycles. The van der Waals surface area contributed by atoms with E-state index in [-0.39, 0.29) is 17.3 Å². The summed E-state index contributed by atoms with van der Waals surface area (Å²) in [4.78, 5) is 25.5. The van der Waals surface area contributed by atoms with Crippen LogP contribution >= 0.6 is 0 Å². The highest BCUT2D eigenvalue weighted by Crippen LogP contribution is 2.29. The molecular formula is C23H19F2NO3. The van der Waals surface area contributed by atoms with Gasteiger partial charge in [-0.3, -0.25) is 14.2 Å². The molecule has 0 fully saturated rings. The molecule has 3 aromatic carbocycles. The van der Waals surface area contributed by atoms with Crippen LogP contribution in [0.5, 0.6) is 0 Å². The van der Waals surface area contributed by atoms with Crippen molar-refractivity contribution in [1.82, 2.24) is 4.57 Å². The fourth-order valence-electron chi connectivity index (χ4n) is 3.57. The summed E-state index contributed by atoms with van der Waals surface area (Å²) < 4.78 is 35.0. The zero-order chi connectivity index (χ0) is 20.9. The lowest BCUT2D eigenvalue weighted by Crippen LogP contribution is -2.31. The first-order chi connectivity index (χ1) is 13.6. The molecule has 1 aromatic heterocycles. The van der Waals surface area contributed by atoms with Crippen LogP contribution in [0.2, 0.25) is 0 Å². The van der Waals surface area contributed by atoms with Crippen LogP contribution < -0.4 is 5.56 Å². The molecule has 0 aliphatic heterocycles. The Morgan fingerprint density at radius 2 is 1.66 bits per heavy atom. The topological polar surface area (TPSA) is 48.3 Å². The van der Waals surface area contributed by atoms with E-state index in [1.807, 2.05) is 24.3 Å². The van der Waals surface area contributed by atoms with Crippen LogP contribution in [0.15, 0.2) is 53.3 Å². The third-order valence-corrected chi connectivity index (χ3v) is 4.67. The third-order valence-electron chi connectivity index (χ3n) is 4.67. The maximum Gasteiger partial charge on any atom is 0.326 e. The number of hydrogen-bond acceptors (Lipinski definition) is 3. The van der Waals surface area contributed by atoms with Gasteiger partial charge >= 0.3 is 5.97 Å². The molecule has 0 radical (unpaired) electrons. The van der Waals surface area contributed by atoms with Crippen molar-refractivity contribution in [2.24, 2.45) is 0 Å². The lowest BCUT2D eigenvalue weighted by molar-refractivity contribution is -0.155. The van der Waals surface area contributed by atoms with E-state index in [1.165, 1.54) is 4.57 Å². The van der Waals surface area contributed by atoms with Crippen LogP contribution in [0.3, 0.4) is 0 Å². The number of nitrogens with zero attached hydrogens (tertiary/aromatic N) is 1. The van der Waals surface area contributed by atoms with Crippen LogP contribution in [0, 0.1) is 11.6 Å². The van der Waals surface area contributed by atoms with E-state index >= 15 is 0 Å². The van der Waals surface area contributed by atoms with E-state index in [9.17, 15) is 18.4 Å².